The van der Waals surface area contributed by atoms with Crippen molar-refractivity contribution in [2.24, 2.45) is 5.73 Å². The van der Waals surface area contributed by atoms with Gasteiger partial charge in [0.15, 0.2) is 0 Å². The lowest BCUT2D eigenvalue weighted by molar-refractivity contribution is -0.130. The van der Waals surface area contributed by atoms with Gasteiger partial charge in [0.2, 0.25) is 5.91 Å². The maximum Gasteiger partial charge on any atom is 0.235 e. The molecule has 0 saturated carbocycles. The molecule has 2 unspecified atom stereocenters. The van der Waals surface area contributed by atoms with Crippen molar-refractivity contribution in [2.45, 2.75) is 42.1 Å². The summed E-state index contributed by atoms with van der Waals surface area (Å²) in [4.78, 5) is 19.1. The van der Waals surface area contributed by atoms with E-state index in [9.17, 15) is 15.3 Å². The molecule has 2 aliphatic rings. The highest BCUT2D eigenvalue weighted by Gasteiger charge is 2.45. The summed E-state index contributed by atoms with van der Waals surface area (Å²) in [5, 5.41) is 19.5. The number of anilines is 1. The number of carbonyl (C=O) groups is 1. The van der Waals surface area contributed by atoms with E-state index in [0.29, 0.717) is 40.5 Å². The minimum Gasteiger partial charge on any atom is -0.373 e. The number of amides is 1. The van der Waals surface area contributed by atoms with E-state index < -0.39 is 11.2 Å². The molecule has 31 heavy (non-hydrogen) atoms. The Morgan fingerprint density at radius 2 is 2.00 bits per heavy atom. The smallest absolute Gasteiger partial charge is 0.235 e. The van der Waals surface area contributed by atoms with Gasteiger partial charge in [0.25, 0.3) is 0 Å². The molecule has 2 saturated heterocycles. The van der Waals surface area contributed by atoms with Gasteiger partial charge in [-0.25, -0.2) is 4.98 Å². The van der Waals surface area contributed by atoms with Gasteiger partial charge in [0.05, 0.1) is 23.3 Å². The number of primary amides is 1. The summed E-state index contributed by atoms with van der Waals surface area (Å²) in [5.74, 6) is 0.0540. The van der Waals surface area contributed by atoms with Gasteiger partial charge in [-0.15, -0.1) is 0 Å². The minimum atomic E-state index is -0.689. The fraction of sp³-hybridized carbons (Fsp3) is 0.391. The first-order valence-electron chi connectivity index (χ1n) is 10.3. The summed E-state index contributed by atoms with van der Waals surface area (Å²) in [6, 6.07) is 13.7. The zero-order valence-electron chi connectivity index (χ0n) is 17.3. The van der Waals surface area contributed by atoms with E-state index in [1.807, 2.05) is 37.3 Å². The van der Waals surface area contributed by atoms with Crippen LogP contribution in [0.15, 0.2) is 35.4 Å². The Morgan fingerprint density at radius 3 is 2.52 bits per heavy atom. The molecule has 4 rings (SSSR count). The second-order valence-electron chi connectivity index (χ2n) is 7.81. The summed E-state index contributed by atoms with van der Waals surface area (Å²) in [6.45, 7) is 4.08. The van der Waals surface area contributed by atoms with Crippen molar-refractivity contribution >= 4 is 23.5 Å². The largest absolute Gasteiger partial charge is 0.373 e. The number of carbonyl (C=O) groups excluding carboxylic acids is 1. The van der Waals surface area contributed by atoms with Crippen molar-refractivity contribution in [1.82, 2.24) is 4.98 Å². The molecule has 158 valence electrons. The summed E-state index contributed by atoms with van der Waals surface area (Å²) in [5.41, 5.74) is 7.72. The highest BCUT2D eigenvalue weighted by atomic mass is 32.2. The van der Waals surface area contributed by atoms with Gasteiger partial charge in [-0.2, -0.15) is 10.5 Å². The number of nitrogens with two attached hydrogens (primary N) is 1. The Hall–Kier alpha value is -3.07. The van der Waals surface area contributed by atoms with Crippen LogP contribution in [0.3, 0.4) is 0 Å². The zero-order valence-corrected chi connectivity index (χ0v) is 18.1. The number of pyridine rings is 1. The molecule has 1 spiro atoms. The molecule has 0 aliphatic carbocycles. The third-order valence-corrected chi connectivity index (χ3v) is 7.26. The number of ether oxygens (including phenoxy) is 1. The molecule has 2 aliphatic heterocycles. The van der Waals surface area contributed by atoms with Crippen molar-refractivity contribution < 1.29 is 9.53 Å². The highest BCUT2D eigenvalue weighted by Crippen LogP contribution is 2.42. The Bertz CT molecular complexity index is 1090. The number of thioether (sulfide) groups is 1. The molecule has 0 radical (unpaired) electrons. The average molecular weight is 434 g/mol. The fourth-order valence-corrected chi connectivity index (χ4v) is 5.32. The van der Waals surface area contributed by atoms with E-state index in [4.69, 9.17) is 15.5 Å². The SMILES string of the molecule is CCc1c(C#N)c(SC(C(N)=O)c2ccccc2)nc(N2CCC3(CCO3)C2)c1C#N. The molecule has 2 N–H and O–H groups in total. The van der Waals surface area contributed by atoms with Crippen LogP contribution >= 0.6 is 11.8 Å². The number of hydrogen-bond donors (Lipinski definition) is 1. The number of nitriles is 2. The quantitative estimate of drug-likeness (QED) is 0.696. The van der Waals surface area contributed by atoms with Gasteiger partial charge in [0.1, 0.15) is 28.2 Å². The van der Waals surface area contributed by atoms with Gasteiger partial charge >= 0.3 is 0 Å². The molecule has 0 bridgehead atoms. The van der Waals surface area contributed by atoms with E-state index in [0.717, 1.165) is 31.6 Å². The maximum atomic E-state index is 12.3. The van der Waals surface area contributed by atoms with Crippen LogP contribution in [0.25, 0.3) is 0 Å². The van der Waals surface area contributed by atoms with E-state index in [2.05, 4.69) is 17.0 Å². The van der Waals surface area contributed by atoms with Crippen LogP contribution in [-0.2, 0) is 16.0 Å². The third kappa shape index (κ3) is 3.85. The molecular formula is C23H23N5O2S. The summed E-state index contributed by atoms with van der Waals surface area (Å²) in [7, 11) is 0. The molecule has 2 fully saturated rings. The van der Waals surface area contributed by atoms with Crippen LogP contribution in [0.5, 0.6) is 0 Å². The summed E-state index contributed by atoms with van der Waals surface area (Å²) in [6.07, 6.45) is 2.40. The Morgan fingerprint density at radius 1 is 1.29 bits per heavy atom. The number of benzene rings is 1. The fourth-order valence-electron chi connectivity index (χ4n) is 4.27. The van der Waals surface area contributed by atoms with Crippen molar-refractivity contribution in [2.75, 3.05) is 24.6 Å². The number of nitrogens with zero attached hydrogens (tertiary/aromatic N) is 4. The lowest BCUT2D eigenvalue weighted by atomic mass is 9.94. The van der Waals surface area contributed by atoms with Gasteiger partial charge in [0, 0.05) is 19.5 Å². The summed E-state index contributed by atoms with van der Waals surface area (Å²) >= 11 is 1.17. The van der Waals surface area contributed by atoms with E-state index in [-0.39, 0.29) is 5.60 Å². The maximum absolute atomic E-state index is 12.3. The van der Waals surface area contributed by atoms with Crippen LogP contribution in [0, 0.1) is 22.7 Å². The predicted molar refractivity (Wildman–Crippen MR) is 117 cm³/mol. The molecule has 1 aromatic carbocycles. The molecule has 2 aromatic rings. The Kier molecular flexibility index (Phi) is 5.86. The van der Waals surface area contributed by atoms with Crippen molar-refractivity contribution in [3.8, 4) is 12.1 Å². The lowest BCUT2D eigenvalue weighted by Crippen LogP contribution is -2.46. The van der Waals surface area contributed by atoms with Crippen molar-refractivity contribution in [3.05, 3.63) is 52.6 Å². The van der Waals surface area contributed by atoms with E-state index in [1.165, 1.54) is 11.8 Å². The molecular weight excluding hydrogens is 410 g/mol. The van der Waals surface area contributed by atoms with Crippen LogP contribution < -0.4 is 10.6 Å². The second kappa shape index (κ2) is 8.58. The van der Waals surface area contributed by atoms with E-state index >= 15 is 0 Å². The molecule has 1 amide bonds. The first-order chi connectivity index (χ1) is 15.0. The van der Waals surface area contributed by atoms with Crippen LogP contribution in [0.4, 0.5) is 5.82 Å². The minimum absolute atomic E-state index is 0.151. The number of aromatic nitrogens is 1. The van der Waals surface area contributed by atoms with Crippen molar-refractivity contribution in [1.29, 1.82) is 10.5 Å². The van der Waals surface area contributed by atoms with Gasteiger partial charge < -0.3 is 15.4 Å². The molecule has 2 atom stereocenters. The number of rotatable bonds is 6. The Labute approximate surface area is 185 Å². The normalized spacial score (nSPS) is 20.7. The van der Waals surface area contributed by atoms with Crippen LogP contribution in [-0.4, -0.2) is 36.2 Å². The molecule has 8 heteroatoms. The molecule has 3 heterocycles. The van der Waals surface area contributed by atoms with Crippen LogP contribution in [0.2, 0.25) is 0 Å². The first kappa shape index (κ1) is 21.2. The van der Waals surface area contributed by atoms with Crippen LogP contribution in [0.1, 0.15) is 47.3 Å². The predicted octanol–water partition coefficient (Wildman–Crippen LogP) is 3.08. The highest BCUT2D eigenvalue weighted by molar-refractivity contribution is 8.00. The number of hydrogen-bond acceptors (Lipinski definition) is 7. The van der Waals surface area contributed by atoms with E-state index in [1.54, 1.807) is 0 Å². The van der Waals surface area contributed by atoms with Crippen molar-refractivity contribution in [3.63, 3.8) is 0 Å². The molecule has 7 nitrogen and oxygen atoms in total. The van der Waals surface area contributed by atoms with Gasteiger partial charge in [-0.05, 0) is 24.0 Å². The van der Waals surface area contributed by atoms with Gasteiger partial charge in [-0.3, -0.25) is 4.79 Å². The first-order valence-corrected chi connectivity index (χ1v) is 11.2. The standard InChI is InChI=1S/C23H23N5O2S/c1-2-16-17(12-24)21(28-10-8-23(14-28)9-11-30-23)27-22(18(16)13-25)31-19(20(26)29)15-6-4-3-5-7-15/h3-7,19H,2,8-11,14H2,1H3,(H2,26,29). The second-order valence-corrected chi connectivity index (χ2v) is 8.90. The monoisotopic (exact) mass is 433 g/mol. The topological polar surface area (TPSA) is 116 Å². The zero-order chi connectivity index (χ0) is 22.0. The summed E-state index contributed by atoms with van der Waals surface area (Å²) < 4.78 is 5.82. The third-order valence-electron chi connectivity index (χ3n) is 6.00. The van der Waals surface area contributed by atoms with Gasteiger partial charge in [-0.1, -0.05) is 49.0 Å². The Balaban J connectivity index is 1.79. The lowest BCUT2D eigenvalue weighted by Gasteiger charge is -2.38. The molecule has 1 aromatic heterocycles. The average Bonchev–Trinajstić information content (AvgIpc) is 3.23.